The molecule has 2 aromatic rings. The molecule has 0 radical (unpaired) electrons. The number of carbonyl (C=O) groups is 3. The first-order valence-electron chi connectivity index (χ1n) is 10.7. The fourth-order valence-electron chi connectivity index (χ4n) is 3.88. The minimum Gasteiger partial charge on any atom is -0.497 e. The Bertz CT molecular complexity index is 935. The molecule has 3 rings (SSSR count). The number of amides is 3. The highest BCUT2D eigenvalue weighted by Crippen LogP contribution is 2.27. The van der Waals surface area contributed by atoms with Gasteiger partial charge in [0.05, 0.1) is 19.9 Å². The molecule has 0 bridgehead atoms. The Morgan fingerprint density at radius 1 is 1.25 bits per heavy atom. The smallest absolute Gasteiger partial charge is 0.287 e. The summed E-state index contributed by atoms with van der Waals surface area (Å²) >= 11 is 0. The molecular formula is C24H29N3O5. The van der Waals surface area contributed by atoms with Gasteiger partial charge in [0.25, 0.3) is 5.91 Å². The lowest BCUT2D eigenvalue weighted by Crippen LogP contribution is -2.48. The molecule has 1 aromatic heterocycles. The van der Waals surface area contributed by atoms with Crippen molar-refractivity contribution in [2.45, 2.75) is 37.8 Å². The molecule has 1 heterocycles. The van der Waals surface area contributed by atoms with Crippen LogP contribution in [0.3, 0.4) is 0 Å². The number of hydrogen-bond acceptors (Lipinski definition) is 5. The van der Waals surface area contributed by atoms with Crippen molar-refractivity contribution in [1.29, 1.82) is 0 Å². The van der Waals surface area contributed by atoms with E-state index in [0.717, 1.165) is 25.7 Å². The number of hydrogen-bond donors (Lipinski definition) is 2. The van der Waals surface area contributed by atoms with Gasteiger partial charge in [0, 0.05) is 12.6 Å². The zero-order valence-corrected chi connectivity index (χ0v) is 18.2. The highest BCUT2D eigenvalue weighted by atomic mass is 16.5. The fraction of sp³-hybridized carbons (Fsp3) is 0.375. The maximum absolute atomic E-state index is 13.4. The third-order valence-electron chi connectivity index (χ3n) is 5.46. The maximum atomic E-state index is 13.4. The molecule has 1 aromatic carbocycles. The zero-order valence-electron chi connectivity index (χ0n) is 18.2. The third-order valence-corrected chi connectivity index (χ3v) is 5.46. The first kappa shape index (κ1) is 23.1. The first-order valence-corrected chi connectivity index (χ1v) is 10.7. The van der Waals surface area contributed by atoms with E-state index < -0.39 is 17.9 Å². The van der Waals surface area contributed by atoms with Crippen LogP contribution in [0.15, 0.2) is 59.7 Å². The number of nitrogens with zero attached hydrogens (tertiary/aromatic N) is 1. The summed E-state index contributed by atoms with van der Waals surface area (Å²) in [5.41, 5.74) is 0.618. The van der Waals surface area contributed by atoms with Gasteiger partial charge in [-0.25, -0.2) is 0 Å². The molecule has 0 aliphatic heterocycles. The van der Waals surface area contributed by atoms with Crippen molar-refractivity contribution in [3.05, 3.63) is 66.6 Å². The van der Waals surface area contributed by atoms with Crippen molar-refractivity contribution < 1.29 is 23.5 Å². The molecule has 8 nitrogen and oxygen atoms in total. The molecule has 0 saturated heterocycles. The average Bonchev–Trinajstić information content (AvgIpc) is 3.51. The van der Waals surface area contributed by atoms with Crippen LogP contribution in [0.2, 0.25) is 0 Å². The molecule has 1 atom stereocenters. The molecule has 0 spiro atoms. The summed E-state index contributed by atoms with van der Waals surface area (Å²) in [4.78, 5) is 40.1. The van der Waals surface area contributed by atoms with Crippen molar-refractivity contribution in [2.75, 3.05) is 20.2 Å². The summed E-state index contributed by atoms with van der Waals surface area (Å²) < 4.78 is 10.4. The van der Waals surface area contributed by atoms with E-state index in [2.05, 4.69) is 17.2 Å². The molecule has 1 aliphatic carbocycles. The summed E-state index contributed by atoms with van der Waals surface area (Å²) in [6, 6.07) is 9.38. The number of benzene rings is 1. The van der Waals surface area contributed by atoms with E-state index in [-0.39, 0.29) is 30.8 Å². The number of ether oxygens (including phenoxy) is 1. The van der Waals surface area contributed by atoms with Gasteiger partial charge < -0.3 is 24.7 Å². The molecule has 1 fully saturated rings. The Balaban J connectivity index is 1.83. The quantitative estimate of drug-likeness (QED) is 0.555. The predicted octanol–water partition coefficient (Wildman–Crippen LogP) is 2.83. The predicted molar refractivity (Wildman–Crippen MR) is 119 cm³/mol. The molecule has 2 N–H and O–H groups in total. The molecule has 1 aliphatic rings. The van der Waals surface area contributed by atoms with Gasteiger partial charge in [-0.2, -0.15) is 0 Å². The fourth-order valence-corrected chi connectivity index (χ4v) is 3.88. The second kappa shape index (κ2) is 11.2. The van der Waals surface area contributed by atoms with Gasteiger partial charge in [-0.1, -0.05) is 31.1 Å². The Labute approximate surface area is 187 Å². The third kappa shape index (κ3) is 5.78. The van der Waals surface area contributed by atoms with Gasteiger partial charge in [0.15, 0.2) is 5.76 Å². The van der Waals surface area contributed by atoms with Crippen LogP contribution in [-0.4, -0.2) is 48.9 Å². The van der Waals surface area contributed by atoms with Crippen molar-refractivity contribution in [3.63, 3.8) is 0 Å². The molecular weight excluding hydrogens is 410 g/mol. The van der Waals surface area contributed by atoms with Crippen LogP contribution in [0.1, 0.15) is 47.8 Å². The van der Waals surface area contributed by atoms with Gasteiger partial charge in [0.2, 0.25) is 11.8 Å². The van der Waals surface area contributed by atoms with Gasteiger partial charge in [-0.05, 0) is 42.7 Å². The van der Waals surface area contributed by atoms with Gasteiger partial charge in [0.1, 0.15) is 11.8 Å². The Morgan fingerprint density at radius 3 is 2.69 bits per heavy atom. The lowest BCUT2D eigenvalue weighted by molar-refractivity contribution is -0.139. The van der Waals surface area contributed by atoms with E-state index in [0.29, 0.717) is 11.3 Å². The lowest BCUT2D eigenvalue weighted by Gasteiger charge is -2.31. The van der Waals surface area contributed by atoms with Gasteiger partial charge in [-0.15, -0.1) is 6.58 Å². The van der Waals surface area contributed by atoms with Gasteiger partial charge >= 0.3 is 0 Å². The Hall–Kier alpha value is -3.55. The van der Waals surface area contributed by atoms with E-state index in [9.17, 15) is 14.4 Å². The molecule has 170 valence electrons. The van der Waals surface area contributed by atoms with Crippen molar-refractivity contribution in [1.82, 2.24) is 15.5 Å². The van der Waals surface area contributed by atoms with Crippen molar-refractivity contribution >= 4 is 17.7 Å². The second-order valence-corrected chi connectivity index (χ2v) is 7.66. The topological polar surface area (TPSA) is 101 Å². The largest absolute Gasteiger partial charge is 0.497 e. The highest BCUT2D eigenvalue weighted by molar-refractivity contribution is 5.95. The zero-order chi connectivity index (χ0) is 22.9. The van der Waals surface area contributed by atoms with Crippen molar-refractivity contribution in [2.24, 2.45) is 0 Å². The van der Waals surface area contributed by atoms with Crippen LogP contribution in [0.4, 0.5) is 0 Å². The second-order valence-electron chi connectivity index (χ2n) is 7.66. The summed E-state index contributed by atoms with van der Waals surface area (Å²) in [6.45, 7) is 3.59. The van der Waals surface area contributed by atoms with E-state index in [4.69, 9.17) is 9.15 Å². The Morgan fingerprint density at radius 2 is 2.03 bits per heavy atom. The summed E-state index contributed by atoms with van der Waals surface area (Å²) in [6.07, 6.45) is 6.93. The number of furan rings is 1. The molecule has 3 amide bonds. The molecule has 0 unspecified atom stereocenters. The number of nitrogens with one attached hydrogen (secondary N) is 2. The SMILES string of the molecule is C=CCN(C(=O)CNC(=O)c1ccco1)[C@@H](C(=O)NC1CCCC1)c1cccc(OC)c1. The average molecular weight is 440 g/mol. The van der Waals surface area contributed by atoms with Crippen LogP contribution in [0, 0.1) is 0 Å². The summed E-state index contributed by atoms with van der Waals surface area (Å²) in [5, 5.41) is 5.64. The van der Waals surface area contributed by atoms with Crippen LogP contribution in [-0.2, 0) is 9.59 Å². The van der Waals surface area contributed by atoms with E-state index in [1.54, 1.807) is 43.5 Å². The van der Waals surface area contributed by atoms with Gasteiger partial charge in [-0.3, -0.25) is 14.4 Å². The molecule has 8 heteroatoms. The summed E-state index contributed by atoms with van der Waals surface area (Å²) in [5.74, 6) is -0.498. The van der Waals surface area contributed by atoms with E-state index in [1.165, 1.54) is 17.2 Å². The summed E-state index contributed by atoms with van der Waals surface area (Å²) in [7, 11) is 1.55. The molecule has 1 saturated carbocycles. The van der Waals surface area contributed by atoms with Crippen LogP contribution < -0.4 is 15.4 Å². The number of methoxy groups -OCH3 is 1. The number of carbonyl (C=O) groups excluding carboxylic acids is 3. The Kier molecular flexibility index (Phi) is 8.08. The minimum atomic E-state index is -0.892. The molecule has 32 heavy (non-hydrogen) atoms. The normalized spacial score (nSPS) is 14.4. The number of rotatable bonds is 10. The van der Waals surface area contributed by atoms with Crippen molar-refractivity contribution in [3.8, 4) is 5.75 Å². The van der Waals surface area contributed by atoms with Crippen LogP contribution in [0.5, 0.6) is 5.75 Å². The highest BCUT2D eigenvalue weighted by Gasteiger charge is 2.33. The lowest BCUT2D eigenvalue weighted by atomic mass is 10.0. The standard InChI is InChI=1S/C24H29N3O5/c1-3-13-27(21(28)16-25-23(29)20-12-7-14-32-20)22(17-8-6-11-19(15-17)31-2)24(30)26-18-9-4-5-10-18/h3,6-8,11-12,14-15,18,22H,1,4-5,9-10,13,16H2,2H3,(H,25,29)(H,26,30)/t22-/m1/s1. The minimum absolute atomic E-state index is 0.0925. The van der Waals surface area contributed by atoms with E-state index >= 15 is 0 Å². The monoisotopic (exact) mass is 439 g/mol. The first-order chi connectivity index (χ1) is 15.5. The van der Waals surface area contributed by atoms with E-state index in [1.807, 2.05) is 0 Å². The van der Waals surface area contributed by atoms with Crippen LogP contribution >= 0.6 is 0 Å². The maximum Gasteiger partial charge on any atom is 0.287 e. The van der Waals surface area contributed by atoms with Crippen LogP contribution in [0.25, 0.3) is 0 Å².